The van der Waals surface area contributed by atoms with Crippen molar-refractivity contribution < 1.29 is 4.74 Å². The lowest BCUT2D eigenvalue weighted by molar-refractivity contribution is 0.414. The van der Waals surface area contributed by atoms with E-state index in [2.05, 4.69) is 41.5 Å². The Morgan fingerprint density at radius 1 is 1.24 bits per heavy atom. The summed E-state index contributed by atoms with van der Waals surface area (Å²) in [5, 5.41) is 6.80. The Bertz CT molecular complexity index is 532. The van der Waals surface area contributed by atoms with Crippen molar-refractivity contribution in [3.8, 4) is 5.75 Å². The molecule has 2 N–H and O–H groups in total. The number of aliphatic imine (C=N–C) groups is 1. The SMILES string of the molecule is CCCCCNC(=NCC1CCN(c2ccccc2OC)C1)NCC. The monoisotopic (exact) mass is 346 g/mol. The summed E-state index contributed by atoms with van der Waals surface area (Å²) in [4.78, 5) is 7.22. The van der Waals surface area contributed by atoms with Crippen molar-refractivity contribution in [1.82, 2.24) is 10.6 Å². The Hall–Kier alpha value is -1.91. The van der Waals surface area contributed by atoms with Crippen molar-refractivity contribution in [3.63, 3.8) is 0 Å². The van der Waals surface area contributed by atoms with E-state index in [4.69, 9.17) is 9.73 Å². The molecule has 1 fully saturated rings. The number of benzene rings is 1. The predicted molar refractivity (Wildman–Crippen MR) is 107 cm³/mol. The van der Waals surface area contributed by atoms with Crippen molar-refractivity contribution in [3.05, 3.63) is 24.3 Å². The van der Waals surface area contributed by atoms with E-state index in [0.717, 1.165) is 44.4 Å². The van der Waals surface area contributed by atoms with Gasteiger partial charge in [-0.05, 0) is 37.8 Å². The number of hydrogen-bond donors (Lipinski definition) is 2. The molecule has 0 aromatic heterocycles. The van der Waals surface area contributed by atoms with Crippen LogP contribution in [0.1, 0.15) is 39.5 Å². The second kappa shape index (κ2) is 10.9. The zero-order valence-electron chi connectivity index (χ0n) is 16.1. The molecule has 5 nitrogen and oxygen atoms in total. The highest BCUT2D eigenvalue weighted by molar-refractivity contribution is 5.79. The van der Waals surface area contributed by atoms with Gasteiger partial charge in [-0.25, -0.2) is 0 Å². The van der Waals surface area contributed by atoms with Gasteiger partial charge in [-0.2, -0.15) is 0 Å². The van der Waals surface area contributed by atoms with Crippen LogP contribution in [0.15, 0.2) is 29.3 Å². The predicted octanol–water partition coefficient (Wildman–Crippen LogP) is 3.27. The summed E-state index contributed by atoms with van der Waals surface area (Å²) < 4.78 is 5.50. The van der Waals surface area contributed by atoms with E-state index in [1.807, 2.05) is 12.1 Å². The first-order valence-electron chi connectivity index (χ1n) is 9.68. The zero-order chi connectivity index (χ0) is 17.9. The number of guanidine groups is 1. The molecule has 1 unspecified atom stereocenters. The average molecular weight is 347 g/mol. The number of nitrogens with one attached hydrogen (secondary N) is 2. The minimum absolute atomic E-state index is 0.594. The van der Waals surface area contributed by atoms with Gasteiger partial charge in [-0.3, -0.25) is 4.99 Å². The minimum atomic E-state index is 0.594. The van der Waals surface area contributed by atoms with E-state index >= 15 is 0 Å². The third kappa shape index (κ3) is 6.15. The van der Waals surface area contributed by atoms with Gasteiger partial charge >= 0.3 is 0 Å². The molecule has 1 aromatic rings. The van der Waals surface area contributed by atoms with Crippen LogP contribution < -0.4 is 20.3 Å². The number of unbranched alkanes of at least 4 members (excludes halogenated alkanes) is 2. The van der Waals surface area contributed by atoms with Crippen LogP contribution in [0.2, 0.25) is 0 Å². The van der Waals surface area contributed by atoms with Crippen LogP contribution >= 0.6 is 0 Å². The second-order valence-corrected chi connectivity index (χ2v) is 6.63. The van der Waals surface area contributed by atoms with Crippen molar-refractivity contribution in [2.45, 2.75) is 39.5 Å². The van der Waals surface area contributed by atoms with Gasteiger partial charge < -0.3 is 20.3 Å². The lowest BCUT2D eigenvalue weighted by Crippen LogP contribution is -2.38. The summed E-state index contributed by atoms with van der Waals surface area (Å²) in [5.74, 6) is 2.50. The fourth-order valence-corrected chi connectivity index (χ4v) is 3.24. The molecule has 25 heavy (non-hydrogen) atoms. The molecule has 1 atom stereocenters. The number of para-hydroxylation sites is 2. The summed E-state index contributed by atoms with van der Waals surface area (Å²) >= 11 is 0. The first-order valence-corrected chi connectivity index (χ1v) is 9.68. The Balaban J connectivity index is 1.85. The van der Waals surface area contributed by atoms with Gasteiger partial charge in [0.2, 0.25) is 0 Å². The standard InChI is InChI=1S/C20H34N4O/c1-4-6-9-13-22-20(21-5-2)23-15-17-12-14-24(16-17)18-10-7-8-11-19(18)25-3/h7-8,10-11,17H,4-6,9,12-16H2,1-3H3,(H2,21,22,23). The van der Waals surface area contributed by atoms with Crippen molar-refractivity contribution in [2.75, 3.05) is 44.7 Å². The quantitative estimate of drug-likeness (QED) is 0.409. The van der Waals surface area contributed by atoms with Crippen molar-refractivity contribution >= 4 is 11.6 Å². The van der Waals surface area contributed by atoms with Crippen molar-refractivity contribution in [1.29, 1.82) is 0 Å². The summed E-state index contributed by atoms with van der Waals surface area (Å²) in [6.45, 7) is 9.22. The number of anilines is 1. The molecule has 0 amide bonds. The first-order chi connectivity index (χ1) is 12.3. The van der Waals surface area contributed by atoms with Gasteiger partial charge in [0.25, 0.3) is 0 Å². The van der Waals surface area contributed by atoms with Crippen LogP contribution in [0, 0.1) is 5.92 Å². The molecule has 2 rings (SSSR count). The Morgan fingerprint density at radius 3 is 2.84 bits per heavy atom. The molecule has 140 valence electrons. The third-order valence-corrected chi connectivity index (χ3v) is 4.64. The molecule has 5 heteroatoms. The molecule has 1 aliphatic heterocycles. The lowest BCUT2D eigenvalue weighted by Gasteiger charge is -2.21. The maximum atomic E-state index is 5.50. The molecular weight excluding hydrogens is 312 g/mol. The topological polar surface area (TPSA) is 48.9 Å². The van der Waals surface area contributed by atoms with E-state index in [1.54, 1.807) is 7.11 Å². The molecule has 0 bridgehead atoms. The zero-order valence-corrected chi connectivity index (χ0v) is 16.1. The maximum absolute atomic E-state index is 5.50. The van der Waals surface area contributed by atoms with Crippen LogP contribution in [-0.4, -0.2) is 45.8 Å². The second-order valence-electron chi connectivity index (χ2n) is 6.63. The van der Waals surface area contributed by atoms with Gasteiger partial charge in [0.05, 0.1) is 12.8 Å². The fourth-order valence-electron chi connectivity index (χ4n) is 3.24. The first kappa shape index (κ1) is 19.4. The smallest absolute Gasteiger partial charge is 0.191 e. The molecule has 0 aliphatic carbocycles. The Morgan fingerprint density at radius 2 is 2.08 bits per heavy atom. The fraction of sp³-hybridized carbons (Fsp3) is 0.650. The highest BCUT2D eigenvalue weighted by atomic mass is 16.5. The van der Waals surface area contributed by atoms with Crippen LogP contribution in [0.3, 0.4) is 0 Å². The number of methoxy groups -OCH3 is 1. The van der Waals surface area contributed by atoms with E-state index in [9.17, 15) is 0 Å². The van der Waals surface area contributed by atoms with Crippen molar-refractivity contribution in [2.24, 2.45) is 10.9 Å². The molecular formula is C20H34N4O. The largest absolute Gasteiger partial charge is 0.495 e. The average Bonchev–Trinajstić information content (AvgIpc) is 3.12. The highest BCUT2D eigenvalue weighted by Crippen LogP contribution is 2.31. The van der Waals surface area contributed by atoms with Gasteiger partial charge in [-0.15, -0.1) is 0 Å². The number of nitrogens with zero attached hydrogens (tertiary/aromatic N) is 2. The van der Waals surface area contributed by atoms with E-state index in [1.165, 1.54) is 31.4 Å². The van der Waals surface area contributed by atoms with Gasteiger partial charge in [0.15, 0.2) is 5.96 Å². The highest BCUT2D eigenvalue weighted by Gasteiger charge is 2.24. The molecule has 1 aromatic carbocycles. The molecule has 0 radical (unpaired) electrons. The Kier molecular flexibility index (Phi) is 8.43. The summed E-state index contributed by atoms with van der Waals surface area (Å²) in [5.41, 5.74) is 1.20. The number of ether oxygens (including phenoxy) is 1. The van der Waals surface area contributed by atoms with Gasteiger partial charge in [0, 0.05) is 32.7 Å². The van der Waals surface area contributed by atoms with Gasteiger partial charge in [0.1, 0.15) is 5.75 Å². The third-order valence-electron chi connectivity index (χ3n) is 4.64. The number of hydrogen-bond acceptors (Lipinski definition) is 3. The van der Waals surface area contributed by atoms with E-state index in [-0.39, 0.29) is 0 Å². The maximum Gasteiger partial charge on any atom is 0.191 e. The van der Waals surface area contributed by atoms with Crippen LogP contribution in [-0.2, 0) is 0 Å². The summed E-state index contributed by atoms with van der Waals surface area (Å²) in [7, 11) is 1.74. The minimum Gasteiger partial charge on any atom is -0.495 e. The Labute approximate surface area is 152 Å². The van der Waals surface area contributed by atoms with Crippen LogP contribution in [0.5, 0.6) is 5.75 Å². The summed E-state index contributed by atoms with van der Waals surface area (Å²) in [6, 6.07) is 8.27. The van der Waals surface area contributed by atoms with Gasteiger partial charge in [-0.1, -0.05) is 31.9 Å². The van der Waals surface area contributed by atoms with Crippen LogP contribution in [0.4, 0.5) is 5.69 Å². The number of rotatable bonds is 9. The molecule has 1 heterocycles. The lowest BCUT2D eigenvalue weighted by atomic mass is 10.1. The van der Waals surface area contributed by atoms with E-state index in [0.29, 0.717) is 5.92 Å². The molecule has 1 aliphatic rings. The molecule has 1 saturated heterocycles. The molecule has 0 saturated carbocycles. The summed E-state index contributed by atoms with van der Waals surface area (Å²) in [6.07, 6.45) is 4.89. The normalized spacial score (nSPS) is 17.6. The molecule has 0 spiro atoms. The van der Waals surface area contributed by atoms with Crippen LogP contribution in [0.25, 0.3) is 0 Å². The van der Waals surface area contributed by atoms with E-state index < -0.39 is 0 Å².